The SMILES string of the molecule is CC(c1cccc([N+](=O)[O-])c1)N(C)C(=O)c1cccc(OCc2cscn2)c1. The van der Waals surface area contributed by atoms with Crippen LogP contribution < -0.4 is 4.74 Å². The number of nitrogens with zero attached hydrogens (tertiary/aromatic N) is 3. The Bertz CT molecular complexity index is 975. The van der Waals surface area contributed by atoms with Crippen LogP contribution in [0.25, 0.3) is 0 Å². The molecule has 144 valence electrons. The number of ether oxygens (including phenoxy) is 1. The standard InChI is InChI=1S/C20H19N3O4S/c1-14(15-5-3-7-18(9-15)23(25)26)22(2)20(24)16-6-4-8-19(10-16)27-11-17-12-28-13-21-17/h3-10,12-14H,11H2,1-2H3. The van der Waals surface area contributed by atoms with Gasteiger partial charge in [-0.1, -0.05) is 18.2 Å². The molecule has 1 unspecified atom stereocenters. The van der Waals surface area contributed by atoms with Crippen LogP contribution in [0.1, 0.15) is 34.6 Å². The largest absolute Gasteiger partial charge is 0.487 e. The second-order valence-corrected chi connectivity index (χ2v) is 6.96. The van der Waals surface area contributed by atoms with Crippen molar-refractivity contribution in [2.24, 2.45) is 0 Å². The lowest BCUT2D eigenvalue weighted by atomic mass is 10.1. The Labute approximate surface area is 166 Å². The summed E-state index contributed by atoms with van der Waals surface area (Å²) in [6.45, 7) is 2.17. The minimum absolute atomic E-state index is 0.00244. The fourth-order valence-corrected chi connectivity index (χ4v) is 3.23. The molecule has 3 aromatic rings. The summed E-state index contributed by atoms with van der Waals surface area (Å²) in [4.78, 5) is 29.2. The Kier molecular flexibility index (Phi) is 6.00. The van der Waals surface area contributed by atoms with Gasteiger partial charge in [0.05, 0.1) is 22.2 Å². The van der Waals surface area contributed by atoms with Crippen LogP contribution in [0.15, 0.2) is 59.4 Å². The van der Waals surface area contributed by atoms with Crippen molar-refractivity contribution in [2.45, 2.75) is 19.6 Å². The highest BCUT2D eigenvalue weighted by atomic mass is 32.1. The van der Waals surface area contributed by atoms with E-state index in [0.29, 0.717) is 23.5 Å². The summed E-state index contributed by atoms with van der Waals surface area (Å²) in [5.74, 6) is 0.383. The van der Waals surface area contributed by atoms with Crippen LogP contribution in [0.5, 0.6) is 5.75 Å². The monoisotopic (exact) mass is 397 g/mol. The third-order valence-corrected chi connectivity index (χ3v) is 5.05. The van der Waals surface area contributed by atoms with E-state index >= 15 is 0 Å². The van der Waals surface area contributed by atoms with Gasteiger partial charge in [0.15, 0.2) is 0 Å². The molecule has 1 heterocycles. The van der Waals surface area contributed by atoms with Crippen molar-refractivity contribution in [1.29, 1.82) is 0 Å². The van der Waals surface area contributed by atoms with Crippen molar-refractivity contribution in [3.05, 3.63) is 86.4 Å². The molecule has 0 aliphatic carbocycles. The van der Waals surface area contributed by atoms with Gasteiger partial charge in [0, 0.05) is 30.1 Å². The predicted molar refractivity (Wildman–Crippen MR) is 106 cm³/mol. The van der Waals surface area contributed by atoms with Gasteiger partial charge in [-0.3, -0.25) is 14.9 Å². The predicted octanol–water partition coefficient (Wildman–Crippen LogP) is 4.46. The first kappa shape index (κ1) is 19.5. The molecule has 3 rings (SSSR count). The van der Waals surface area contributed by atoms with Crippen LogP contribution in [0.3, 0.4) is 0 Å². The summed E-state index contributed by atoms with van der Waals surface area (Å²) in [6.07, 6.45) is 0. The van der Waals surface area contributed by atoms with Gasteiger partial charge in [0.25, 0.3) is 11.6 Å². The molecular formula is C20H19N3O4S. The Morgan fingerprint density at radius 1 is 1.29 bits per heavy atom. The molecule has 2 aromatic carbocycles. The fourth-order valence-electron chi connectivity index (χ4n) is 2.69. The van der Waals surface area contributed by atoms with Gasteiger partial charge >= 0.3 is 0 Å². The van der Waals surface area contributed by atoms with Crippen LogP contribution in [0.2, 0.25) is 0 Å². The van der Waals surface area contributed by atoms with E-state index in [4.69, 9.17) is 4.74 Å². The third kappa shape index (κ3) is 4.52. The molecule has 0 fully saturated rings. The van der Waals surface area contributed by atoms with Gasteiger partial charge in [-0.15, -0.1) is 11.3 Å². The highest BCUT2D eigenvalue weighted by Gasteiger charge is 2.21. The summed E-state index contributed by atoms with van der Waals surface area (Å²) in [5, 5.41) is 12.9. The molecule has 8 heteroatoms. The average Bonchev–Trinajstić information content (AvgIpc) is 3.24. The lowest BCUT2D eigenvalue weighted by molar-refractivity contribution is -0.384. The number of nitro benzene ring substituents is 1. The van der Waals surface area contributed by atoms with Gasteiger partial charge in [-0.05, 0) is 30.7 Å². The Morgan fingerprint density at radius 2 is 2.07 bits per heavy atom. The van der Waals surface area contributed by atoms with E-state index in [1.165, 1.54) is 23.5 Å². The number of amides is 1. The van der Waals surface area contributed by atoms with Crippen LogP contribution in [0, 0.1) is 10.1 Å². The number of hydrogen-bond donors (Lipinski definition) is 0. The summed E-state index contributed by atoms with van der Waals surface area (Å²) < 4.78 is 5.71. The van der Waals surface area contributed by atoms with Gasteiger partial charge in [0.2, 0.25) is 0 Å². The van der Waals surface area contributed by atoms with Crippen molar-refractivity contribution < 1.29 is 14.5 Å². The molecular weight excluding hydrogens is 378 g/mol. The highest BCUT2D eigenvalue weighted by Crippen LogP contribution is 2.25. The molecule has 0 saturated carbocycles. The summed E-state index contributed by atoms with van der Waals surface area (Å²) in [7, 11) is 1.68. The van der Waals surface area contributed by atoms with Crippen molar-refractivity contribution in [3.8, 4) is 5.75 Å². The quantitative estimate of drug-likeness (QED) is 0.434. The van der Waals surface area contributed by atoms with E-state index in [0.717, 1.165) is 5.69 Å². The van der Waals surface area contributed by atoms with E-state index in [1.54, 1.807) is 53.9 Å². The number of carbonyl (C=O) groups is 1. The van der Waals surface area contributed by atoms with Gasteiger partial charge in [-0.25, -0.2) is 4.98 Å². The molecule has 0 N–H and O–H groups in total. The zero-order valence-electron chi connectivity index (χ0n) is 15.4. The minimum Gasteiger partial charge on any atom is -0.487 e. The van der Waals surface area contributed by atoms with Crippen molar-refractivity contribution in [3.63, 3.8) is 0 Å². The number of carbonyl (C=O) groups excluding carboxylic acids is 1. The molecule has 1 aromatic heterocycles. The number of thiazole rings is 1. The average molecular weight is 397 g/mol. The zero-order valence-corrected chi connectivity index (χ0v) is 16.3. The minimum atomic E-state index is -0.443. The molecule has 1 atom stereocenters. The lowest BCUT2D eigenvalue weighted by Crippen LogP contribution is -2.29. The number of aromatic nitrogens is 1. The maximum atomic E-state index is 12.9. The maximum Gasteiger partial charge on any atom is 0.269 e. The Balaban J connectivity index is 1.72. The molecule has 0 spiro atoms. The fraction of sp³-hybridized carbons (Fsp3) is 0.200. The number of hydrogen-bond acceptors (Lipinski definition) is 6. The second-order valence-electron chi connectivity index (χ2n) is 6.24. The summed E-state index contributed by atoms with van der Waals surface area (Å²) in [6, 6.07) is 12.9. The van der Waals surface area contributed by atoms with E-state index in [-0.39, 0.29) is 17.6 Å². The first-order valence-corrected chi connectivity index (χ1v) is 9.51. The second kappa shape index (κ2) is 8.62. The first-order chi connectivity index (χ1) is 13.5. The summed E-state index contributed by atoms with van der Waals surface area (Å²) in [5.41, 5.74) is 3.75. The third-order valence-electron chi connectivity index (χ3n) is 4.42. The normalized spacial score (nSPS) is 11.6. The lowest BCUT2D eigenvalue weighted by Gasteiger charge is -2.25. The Hall–Kier alpha value is -3.26. The number of rotatable bonds is 7. The van der Waals surface area contributed by atoms with E-state index < -0.39 is 4.92 Å². The molecule has 0 saturated heterocycles. The zero-order chi connectivity index (χ0) is 20.1. The van der Waals surface area contributed by atoms with E-state index in [9.17, 15) is 14.9 Å². The molecule has 0 aliphatic heterocycles. The first-order valence-electron chi connectivity index (χ1n) is 8.57. The van der Waals surface area contributed by atoms with Crippen molar-refractivity contribution in [1.82, 2.24) is 9.88 Å². The highest BCUT2D eigenvalue weighted by molar-refractivity contribution is 7.07. The van der Waals surface area contributed by atoms with Gasteiger partial charge < -0.3 is 9.64 Å². The van der Waals surface area contributed by atoms with Crippen LogP contribution in [-0.2, 0) is 6.61 Å². The molecule has 7 nitrogen and oxygen atoms in total. The van der Waals surface area contributed by atoms with Crippen molar-refractivity contribution >= 4 is 22.9 Å². The topological polar surface area (TPSA) is 85.6 Å². The van der Waals surface area contributed by atoms with Gasteiger partial charge in [-0.2, -0.15) is 0 Å². The summed E-state index contributed by atoms with van der Waals surface area (Å²) >= 11 is 1.50. The Morgan fingerprint density at radius 3 is 2.79 bits per heavy atom. The van der Waals surface area contributed by atoms with Crippen LogP contribution >= 0.6 is 11.3 Å². The smallest absolute Gasteiger partial charge is 0.269 e. The molecule has 0 aliphatic rings. The maximum absolute atomic E-state index is 12.9. The molecule has 28 heavy (non-hydrogen) atoms. The number of benzene rings is 2. The van der Waals surface area contributed by atoms with Crippen LogP contribution in [-0.4, -0.2) is 27.8 Å². The van der Waals surface area contributed by atoms with Crippen LogP contribution in [0.4, 0.5) is 5.69 Å². The van der Waals surface area contributed by atoms with Crippen molar-refractivity contribution in [2.75, 3.05) is 7.05 Å². The number of nitro groups is 1. The van der Waals surface area contributed by atoms with E-state index in [1.807, 2.05) is 12.3 Å². The molecule has 1 amide bonds. The van der Waals surface area contributed by atoms with Gasteiger partial charge in [0.1, 0.15) is 12.4 Å². The molecule has 0 radical (unpaired) electrons. The number of non-ortho nitro benzene ring substituents is 1. The van der Waals surface area contributed by atoms with E-state index in [2.05, 4.69) is 4.98 Å². The molecule has 0 bridgehead atoms.